The highest BCUT2D eigenvalue weighted by Crippen LogP contribution is 2.24. The molecular formula is C13H11BrClN3O. The molecule has 0 saturated heterocycles. The zero-order chi connectivity index (χ0) is 14.0. The van der Waals surface area contributed by atoms with E-state index in [1.165, 1.54) is 0 Å². The molecule has 19 heavy (non-hydrogen) atoms. The molecule has 0 radical (unpaired) electrons. The summed E-state index contributed by atoms with van der Waals surface area (Å²) in [5.41, 5.74) is 8.01. The number of benzene rings is 1. The van der Waals surface area contributed by atoms with Crippen molar-refractivity contribution in [3.05, 3.63) is 51.2 Å². The van der Waals surface area contributed by atoms with Crippen molar-refractivity contribution in [3.63, 3.8) is 0 Å². The second kappa shape index (κ2) is 5.59. The Bertz CT molecular complexity index is 646. The Morgan fingerprint density at radius 3 is 2.89 bits per heavy atom. The van der Waals surface area contributed by atoms with Crippen molar-refractivity contribution in [1.82, 2.24) is 4.98 Å². The zero-order valence-corrected chi connectivity index (χ0v) is 12.4. The van der Waals surface area contributed by atoms with Crippen LogP contribution >= 0.6 is 27.5 Å². The molecule has 0 fully saturated rings. The molecule has 6 heteroatoms. The number of carbonyl (C=O) groups is 1. The molecule has 0 atom stereocenters. The number of rotatable bonds is 2. The molecule has 0 saturated carbocycles. The van der Waals surface area contributed by atoms with Gasteiger partial charge >= 0.3 is 0 Å². The van der Waals surface area contributed by atoms with Crippen LogP contribution in [0.1, 0.15) is 15.9 Å². The first kappa shape index (κ1) is 13.8. The minimum atomic E-state index is -0.317. The minimum absolute atomic E-state index is 0.225. The first-order chi connectivity index (χ1) is 8.97. The second-order valence-corrected chi connectivity index (χ2v) is 5.31. The number of nitrogen functional groups attached to an aromatic ring is 1. The van der Waals surface area contributed by atoms with Gasteiger partial charge in [-0.15, -0.1) is 0 Å². The SMILES string of the molecule is Cc1ccc(N)c(C(=O)Nc2cc(Br)cnc2Cl)c1. The standard InChI is InChI=1S/C13H11BrClN3O/c1-7-2-3-10(16)9(4-7)13(19)18-11-5-8(14)6-17-12(11)15/h2-6H,16H2,1H3,(H,18,19). The molecule has 0 aliphatic heterocycles. The number of nitrogens with one attached hydrogen (secondary N) is 1. The maximum atomic E-state index is 12.2. The summed E-state index contributed by atoms with van der Waals surface area (Å²) in [6.07, 6.45) is 1.55. The van der Waals surface area contributed by atoms with Crippen LogP contribution in [0, 0.1) is 6.92 Å². The molecule has 0 aliphatic carbocycles. The second-order valence-electron chi connectivity index (χ2n) is 4.04. The third kappa shape index (κ3) is 3.24. The summed E-state index contributed by atoms with van der Waals surface area (Å²) in [5.74, 6) is -0.317. The normalized spacial score (nSPS) is 10.3. The van der Waals surface area contributed by atoms with Crippen LogP contribution in [0.4, 0.5) is 11.4 Å². The topological polar surface area (TPSA) is 68.0 Å². The van der Waals surface area contributed by atoms with Crippen molar-refractivity contribution in [2.24, 2.45) is 0 Å². The van der Waals surface area contributed by atoms with E-state index in [1.807, 2.05) is 13.0 Å². The summed E-state index contributed by atoms with van der Waals surface area (Å²) in [4.78, 5) is 16.1. The Balaban J connectivity index is 2.30. The summed E-state index contributed by atoms with van der Waals surface area (Å²) < 4.78 is 0.726. The van der Waals surface area contributed by atoms with Crippen LogP contribution in [0.3, 0.4) is 0 Å². The third-order valence-corrected chi connectivity index (χ3v) is 3.24. The lowest BCUT2D eigenvalue weighted by atomic mass is 10.1. The number of halogens is 2. The Labute approximate surface area is 124 Å². The third-order valence-electron chi connectivity index (χ3n) is 2.51. The predicted octanol–water partition coefficient (Wildman–Crippen LogP) is 3.64. The quantitative estimate of drug-likeness (QED) is 0.648. The van der Waals surface area contributed by atoms with Crippen LogP contribution in [0.25, 0.3) is 0 Å². The van der Waals surface area contributed by atoms with E-state index in [0.717, 1.165) is 10.0 Å². The number of hydrogen-bond acceptors (Lipinski definition) is 3. The van der Waals surface area contributed by atoms with Gasteiger partial charge in [0.2, 0.25) is 0 Å². The maximum absolute atomic E-state index is 12.2. The Hall–Kier alpha value is -1.59. The van der Waals surface area contributed by atoms with Crippen molar-refractivity contribution in [2.45, 2.75) is 6.92 Å². The average molecular weight is 341 g/mol. The Morgan fingerprint density at radius 1 is 1.42 bits per heavy atom. The molecule has 0 spiro atoms. The van der Waals surface area contributed by atoms with E-state index in [-0.39, 0.29) is 11.1 Å². The highest BCUT2D eigenvalue weighted by Gasteiger charge is 2.12. The van der Waals surface area contributed by atoms with Crippen molar-refractivity contribution in [2.75, 3.05) is 11.1 Å². The maximum Gasteiger partial charge on any atom is 0.257 e. The molecule has 1 aromatic heterocycles. The molecule has 1 heterocycles. The molecule has 0 aliphatic rings. The molecular weight excluding hydrogens is 330 g/mol. The van der Waals surface area contributed by atoms with E-state index >= 15 is 0 Å². The Morgan fingerprint density at radius 2 is 2.16 bits per heavy atom. The van der Waals surface area contributed by atoms with Crippen LogP contribution in [0.2, 0.25) is 5.15 Å². The van der Waals surface area contributed by atoms with Crippen LogP contribution in [-0.2, 0) is 0 Å². The van der Waals surface area contributed by atoms with Gasteiger partial charge in [-0.05, 0) is 41.1 Å². The van der Waals surface area contributed by atoms with Gasteiger partial charge in [0.1, 0.15) is 0 Å². The zero-order valence-electron chi connectivity index (χ0n) is 10.1. The van der Waals surface area contributed by atoms with Crippen molar-refractivity contribution < 1.29 is 4.79 Å². The van der Waals surface area contributed by atoms with Gasteiger partial charge in [-0.2, -0.15) is 0 Å². The molecule has 2 aromatic rings. The van der Waals surface area contributed by atoms with Crippen LogP contribution < -0.4 is 11.1 Å². The van der Waals surface area contributed by atoms with Crippen molar-refractivity contribution in [1.29, 1.82) is 0 Å². The van der Waals surface area contributed by atoms with Gasteiger partial charge in [0.15, 0.2) is 5.15 Å². The fraction of sp³-hybridized carbons (Fsp3) is 0.0769. The van der Waals surface area contributed by atoms with Crippen LogP contribution in [0.5, 0.6) is 0 Å². The fourth-order valence-electron chi connectivity index (χ4n) is 1.57. The number of anilines is 2. The molecule has 1 amide bonds. The number of carbonyl (C=O) groups excluding carboxylic acids is 1. The smallest absolute Gasteiger partial charge is 0.257 e. The molecule has 4 nitrogen and oxygen atoms in total. The molecule has 2 rings (SSSR count). The number of hydrogen-bond donors (Lipinski definition) is 2. The van der Waals surface area contributed by atoms with Gasteiger partial charge in [-0.3, -0.25) is 4.79 Å². The predicted molar refractivity (Wildman–Crippen MR) is 80.5 cm³/mol. The molecule has 98 valence electrons. The van der Waals surface area contributed by atoms with E-state index in [1.54, 1.807) is 24.4 Å². The fourth-order valence-corrected chi connectivity index (χ4v) is 2.05. The first-order valence-corrected chi connectivity index (χ1v) is 6.63. The van der Waals surface area contributed by atoms with Crippen molar-refractivity contribution >= 4 is 44.8 Å². The highest BCUT2D eigenvalue weighted by atomic mass is 79.9. The van der Waals surface area contributed by atoms with Gasteiger partial charge < -0.3 is 11.1 Å². The molecule has 3 N–H and O–H groups in total. The molecule has 0 unspecified atom stereocenters. The summed E-state index contributed by atoms with van der Waals surface area (Å²) in [5, 5.41) is 2.92. The lowest BCUT2D eigenvalue weighted by molar-refractivity contribution is 0.102. The average Bonchev–Trinajstić information content (AvgIpc) is 2.36. The van der Waals surface area contributed by atoms with Gasteiger partial charge in [-0.1, -0.05) is 23.2 Å². The van der Waals surface area contributed by atoms with E-state index in [0.29, 0.717) is 16.9 Å². The van der Waals surface area contributed by atoms with E-state index < -0.39 is 0 Å². The summed E-state index contributed by atoms with van der Waals surface area (Å²) >= 11 is 9.19. The number of pyridine rings is 1. The van der Waals surface area contributed by atoms with E-state index in [4.69, 9.17) is 17.3 Å². The lowest BCUT2D eigenvalue weighted by Crippen LogP contribution is -2.14. The van der Waals surface area contributed by atoms with Gasteiger partial charge in [0.05, 0.1) is 11.3 Å². The lowest BCUT2D eigenvalue weighted by Gasteiger charge is -2.09. The molecule has 1 aromatic carbocycles. The number of nitrogens with two attached hydrogens (primary N) is 1. The highest BCUT2D eigenvalue weighted by molar-refractivity contribution is 9.10. The van der Waals surface area contributed by atoms with Gasteiger partial charge in [0, 0.05) is 16.4 Å². The molecule has 0 bridgehead atoms. The summed E-state index contributed by atoms with van der Waals surface area (Å²) in [6, 6.07) is 6.95. The number of aryl methyl sites for hydroxylation is 1. The van der Waals surface area contributed by atoms with Gasteiger partial charge in [-0.25, -0.2) is 4.98 Å². The Kier molecular flexibility index (Phi) is 4.07. The van der Waals surface area contributed by atoms with Crippen molar-refractivity contribution in [3.8, 4) is 0 Å². The number of nitrogens with zero attached hydrogens (tertiary/aromatic N) is 1. The minimum Gasteiger partial charge on any atom is -0.398 e. The summed E-state index contributed by atoms with van der Waals surface area (Å²) in [7, 11) is 0. The number of aromatic nitrogens is 1. The largest absolute Gasteiger partial charge is 0.398 e. The van der Waals surface area contributed by atoms with E-state index in [2.05, 4.69) is 26.2 Å². The first-order valence-electron chi connectivity index (χ1n) is 5.46. The number of amides is 1. The van der Waals surface area contributed by atoms with Crippen LogP contribution in [0.15, 0.2) is 34.9 Å². The van der Waals surface area contributed by atoms with Crippen LogP contribution in [-0.4, -0.2) is 10.9 Å². The van der Waals surface area contributed by atoms with E-state index in [9.17, 15) is 4.79 Å². The summed E-state index contributed by atoms with van der Waals surface area (Å²) in [6.45, 7) is 1.89. The monoisotopic (exact) mass is 339 g/mol. The van der Waals surface area contributed by atoms with Gasteiger partial charge in [0.25, 0.3) is 5.91 Å².